The van der Waals surface area contributed by atoms with E-state index >= 15 is 0 Å². The molecule has 0 aliphatic carbocycles. The first-order chi connectivity index (χ1) is 14.9. The molecule has 6 nitrogen and oxygen atoms in total. The second kappa shape index (κ2) is 8.32. The lowest BCUT2D eigenvalue weighted by Crippen LogP contribution is -2.33. The zero-order valence-corrected chi connectivity index (χ0v) is 18.1. The number of carbonyl (C=O) groups is 1. The summed E-state index contributed by atoms with van der Waals surface area (Å²) in [5, 5.41) is 4.51. The van der Waals surface area contributed by atoms with E-state index in [0.29, 0.717) is 38.6 Å². The van der Waals surface area contributed by atoms with Crippen molar-refractivity contribution in [2.45, 2.75) is 26.8 Å². The summed E-state index contributed by atoms with van der Waals surface area (Å²) in [7, 11) is 0. The van der Waals surface area contributed by atoms with Gasteiger partial charge in [-0.2, -0.15) is 0 Å². The molecule has 0 aliphatic rings. The van der Waals surface area contributed by atoms with Gasteiger partial charge in [0.2, 0.25) is 0 Å². The molecule has 4 rings (SSSR count). The van der Waals surface area contributed by atoms with Crippen molar-refractivity contribution in [1.82, 2.24) is 19.9 Å². The van der Waals surface area contributed by atoms with E-state index in [-0.39, 0.29) is 17.2 Å². The zero-order valence-electron chi connectivity index (χ0n) is 17.4. The maximum absolute atomic E-state index is 13.5. The number of benzene rings is 2. The Morgan fingerprint density at radius 1 is 1.10 bits per heavy atom. The SMILES string of the molecule is Cc1cnc(C)c(C(=O)N[C@@H](C)c2cc3cccc(Cl)c3c(=O)n2-c2ccccc2)n1. The summed E-state index contributed by atoms with van der Waals surface area (Å²) in [4.78, 5) is 34.9. The van der Waals surface area contributed by atoms with Gasteiger partial charge in [-0.15, -0.1) is 0 Å². The Morgan fingerprint density at radius 2 is 1.84 bits per heavy atom. The Bertz CT molecular complexity index is 1350. The lowest BCUT2D eigenvalue weighted by molar-refractivity contribution is 0.0932. The van der Waals surface area contributed by atoms with E-state index in [0.717, 1.165) is 0 Å². The van der Waals surface area contributed by atoms with Crippen LogP contribution in [0.5, 0.6) is 0 Å². The quantitative estimate of drug-likeness (QED) is 0.513. The van der Waals surface area contributed by atoms with E-state index in [1.54, 1.807) is 36.7 Å². The summed E-state index contributed by atoms with van der Waals surface area (Å²) in [6.45, 7) is 5.36. The number of nitrogens with one attached hydrogen (secondary N) is 1. The predicted octanol–water partition coefficient (Wildman–Crippen LogP) is 4.54. The number of carbonyl (C=O) groups excluding carboxylic acids is 1. The predicted molar refractivity (Wildman–Crippen MR) is 122 cm³/mol. The second-order valence-corrected chi connectivity index (χ2v) is 7.80. The first-order valence-corrected chi connectivity index (χ1v) is 10.3. The van der Waals surface area contributed by atoms with Crippen LogP contribution in [0.15, 0.2) is 65.6 Å². The van der Waals surface area contributed by atoms with E-state index in [2.05, 4.69) is 15.3 Å². The number of pyridine rings is 1. The minimum absolute atomic E-state index is 0.239. The van der Waals surface area contributed by atoms with Crippen molar-refractivity contribution in [3.8, 4) is 5.69 Å². The van der Waals surface area contributed by atoms with Crippen LogP contribution in [0.25, 0.3) is 16.5 Å². The second-order valence-electron chi connectivity index (χ2n) is 7.39. The maximum atomic E-state index is 13.5. The van der Waals surface area contributed by atoms with Crippen molar-refractivity contribution >= 4 is 28.3 Å². The number of hydrogen-bond donors (Lipinski definition) is 1. The van der Waals surface area contributed by atoms with Gasteiger partial charge in [-0.25, -0.2) is 4.98 Å². The smallest absolute Gasteiger partial charge is 0.272 e. The third-order valence-corrected chi connectivity index (χ3v) is 5.44. The highest BCUT2D eigenvalue weighted by molar-refractivity contribution is 6.35. The average Bonchev–Trinajstić information content (AvgIpc) is 2.75. The van der Waals surface area contributed by atoms with Crippen LogP contribution < -0.4 is 10.9 Å². The van der Waals surface area contributed by atoms with Crippen LogP contribution in [0, 0.1) is 13.8 Å². The molecule has 0 unspecified atom stereocenters. The topological polar surface area (TPSA) is 76.9 Å². The molecule has 7 heteroatoms. The minimum Gasteiger partial charge on any atom is -0.343 e. The molecule has 0 saturated carbocycles. The molecule has 1 amide bonds. The summed E-state index contributed by atoms with van der Waals surface area (Å²) in [5.41, 5.74) is 2.56. The number of amides is 1. The lowest BCUT2D eigenvalue weighted by Gasteiger charge is -2.21. The van der Waals surface area contributed by atoms with Gasteiger partial charge in [-0.05, 0) is 50.4 Å². The van der Waals surface area contributed by atoms with E-state index in [1.807, 2.05) is 49.4 Å². The van der Waals surface area contributed by atoms with Crippen LogP contribution in [-0.4, -0.2) is 20.4 Å². The van der Waals surface area contributed by atoms with Crippen molar-refractivity contribution in [2.75, 3.05) is 0 Å². The van der Waals surface area contributed by atoms with Gasteiger partial charge in [0.1, 0.15) is 5.69 Å². The molecule has 0 bridgehead atoms. The number of aromatic nitrogens is 3. The number of fused-ring (bicyclic) bond motifs is 1. The molecule has 2 heterocycles. The molecular formula is C24H21ClN4O2. The molecule has 1 N–H and O–H groups in total. The maximum Gasteiger partial charge on any atom is 0.272 e. The van der Waals surface area contributed by atoms with Gasteiger partial charge in [0.15, 0.2) is 0 Å². The van der Waals surface area contributed by atoms with Crippen molar-refractivity contribution in [1.29, 1.82) is 0 Å². The molecule has 0 fully saturated rings. The van der Waals surface area contributed by atoms with Crippen LogP contribution in [0.2, 0.25) is 5.02 Å². The van der Waals surface area contributed by atoms with Crippen molar-refractivity contribution in [3.63, 3.8) is 0 Å². The van der Waals surface area contributed by atoms with Gasteiger partial charge in [0.05, 0.1) is 27.8 Å². The number of nitrogens with zero attached hydrogens (tertiary/aromatic N) is 3. The third-order valence-electron chi connectivity index (χ3n) is 5.12. The molecule has 0 radical (unpaired) electrons. The van der Waals surface area contributed by atoms with Crippen molar-refractivity contribution < 1.29 is 4.79 Å². The van der Waals surface area contributed by atoms with E-state index in [9.17, 15) is 9.59 Å². The Labute approximate surface area is 184 Å². The summed E-state index contributed by atoms with van der Waals surface area (Å²) >= 11 is 6.35. The molecule has 0 saturated heterocycles. The largest absolute Gasteiger partial charge is 0.343 e. The van der Waals surface area contributed by atoms with Crippen LogP contribution in [0.1, 0.15) is 40.5 Å². The molecule has 0 aliphatic heterocycles. The summed E-state index contributed by atoms with van der Waals surface area (Å²) in [6.07, 6.45) is 1.62. The van der Waals surface area contributed by atoms with E-state index < -0.39 is 6.04 Å². The van der Waals surface area contributed by atoms with Crippen LogP contribution >= 0.6 is 11.6 Å². The highest BCUT2D eigenvalue weighted by Crippen LogP contribution is 2.25. The number of hydrogen-bond acceptors (Lipinski definition) is 4. The van der Waals surface area contributed by atoms with Gasteiger partial charge in [-0.1, -0.05) is 41.9 Å². The normalized spacial score (nSPS) is 12.0. The lowest BCUT2D eigenvalue weighted by atomic mass is 10.1. The fraction of sp³-hybridized carbons (Fsp3) is 0.167. The van der Waals surface area contributed by atoms with Gasteiger partial charge in [-0.3, -0.25) is 19.1 Å². The number of rotatable bonds is 4. The highest BCUT2D eigenvalue weighted by Gasteiger charge is 2.21. The number of halogens is 1. The zero-order chi connectivity index (χ0) is 22.1. The highest BCUT2D eigenvalue weighted by atomic mass is 35.5. The summed E-state index contributed by atoms with van der Waals surface area (Å²) < 4.78 is 1.59. The monoisotopic (exact) mass is 432 g/mol. The van der Waals surface area contributed by atoms with Crippen molar-refractivity contribution in [3.05, 3.63) is 98.9 Å². The number of para-hydroxylation sites is 1. The fourth-order valence-electron chi connectivity index (χ4n) is 3.59. The number of aryl methyl sites for hydroxylation is 2. The fourth-order valence-corrected chi connectivity index (χ4v) is 3.86. The van der Waals surface area contributed by atoms with Gasteiger partial charge < -0.3 is 5.32 Å². The first-order valence-electron chi connectivity index (χ1n) is 9.87. The van der Waals surface area contributed by atoms with Gasteiger partial charge in [0, 0.05) is 17.6 Å². The molecule has 156 valence electrons. The van der Waals surface area contributed by atoms with Crippen LogP contribution in [0.3, 0.4) is 0 Å². The molecular weight excluding hydrogens is 412 g/mol. The standard InChI is InChI=1S/C24H21ClN4O2/c1-14-13-26-16(3)22(27-14)23(30)28-15(2)20-12-17-8-7-11-19(25)21(17)24(31)29(20)18-9-5-4-6-10-18/h4-13,15H,1-3H3,(H,28,30)/t15-/m0/s1. The molecule has 0 spiro atoms. The summed E-state index contributed by atoms with van der Waals surface area (Å²) in [6, 6.07) is 16.0. The molecule has 1 atom stereocenters. The van der Waals surface area contributed by atoms with Crippen LogP contribution in [-0.2, 0) is 0 Å². The minimum atomic E-state index is -0.481. The Kier molecular flexibility index (Phi) is 5.57. The van der Waals surface area contributed by atoms with Crippen molar-refractivity contribution in [2.24, 2.45) is 0 Å². The third kappa shape index (κ3) is 3.94. The first kappa shape index (κ1) is 20.8. The Morgan fingerprint density at radius 3 is 2.58 bits per heavy atom. The summed E-state index contributed by atoms with van der Waals surface area (Å²) in [5.74, 6) is -0.348. The molecule has 31 heavy (non-hydrogen) atoms. The van der Waals surface area contributed by atoms with Crippen LogP contribution in [0.4, 0.5) is 0 Å². The van der Waals surface area contributed by atoms with E-state index in [4.69, 9.17) is 11.6 Å². The average molecular weight is 433 g/mol. The van der Waals surface area contributed by atoms with Gasteiger partial charge in [0.25, 0.3) is 11.5 Å². The molecule has 2 aromatic heterocycles. The van der Waals surface area contributed by atoms with E-state index in [1.165, 1.54) is 0 Å². The Hall–Kier alpha value is -3.51. The molecule has 2 aromatic carbocycles. The molecule has 4 aromatic rings. The Balaban J connectivity index is 1.85. The van der Waals surface area contributed by atoms with Gasteiger partial charge >= 0.3 is 0 Å².